The highest BCUT2D eigenvalue weighted by atomic mass is 19.1. The molecule has 1 aliphatic carbocycles. The molecule has 2 nitrogen and oxygen atoms in total. The lowest BCUT2D eigenvalue weighted by atomic mass is 9.76. The maximum absolute atomic E-state index is 13.3. The number of rotatable bonds is 2. The number of piperidine rings is 1. The fraction of sp³-hybridized carbons (Fsp3) is 0.647. The summed E-state index contributed by atoms with van der Waals surface area (Å²) in [6.45, 7) is 4.77. The first-order chi connectivity index (χ1) is 9.59. The molecule has 1 saturated heterocycles. The summed E-state index contributed by atoms with van der Waals surface area (Å²) >= 11 is 0. The van der Waals surface area contributed by atoms with Crippen LogP contribution in [0.3, 0.4) is 0 Å². The molecule has 3 heteroatoms. The van der Waals surface area contributed by atoms with Crippen molar-refractivity contribution in [3.63, 3.8) is 0 Å². The molecule has 0 amide bonds. The van der Waals surface area contributed by atoms with E-state index in [0.717, 1.165) is 57.3 Å². The topological polar surface area (TPSA) is 23.5 Å². The van der Waals surface area contributed by atoms with Gasteiger partial charge in [-0.15, -0.1) is 0 Å². The first-order valence-corrected chi connectivity index (χ1v) is 7.75. The van der Waals surface area contributed by atoms with Crippen molar-refractivity contribution in [1.82, 2.24) is 4.90 Å². The van der Waals surface area contributed by atoms with E-state index in [9.17, 15) is 9.50 Å². The largest absolute Gasteiger partial charge is 0.393 e. The summed E-state index contributed by atoms with van der Waals surface area (Å²) in [5, 5.41) is 10.3. The lowest BCUT2D eigenvalue weighted by molar-refractivity contribution is -0.0120. The standard InChI is InChI=1S/C17H24FNO/c1-13-10-14(5-6-15(13)18)11-19-9-3-8-17(12-19)7-2-4-16(17)20/h5-6,10,16,20H,2-4,7-9,11-12H2,1H3/t16-,17-/m1/s1. The number of halogens is 1. The van der Waals surface area contributed by atoms with Gasteiger partial charge in [0.2, 0.25) is 0 Å². The molecule has 0 aromatic heterocycles. The van der Waals surface area contributed by atoms with Crippen LogP contribution in [0.15, 0.2) is 18.2 Å². The number of hydrogen-bond acceptors (Lipinski definition) is 2. The zero-order chi connectivity index (χ0) is 14.2. The Morgan fingerprint density at radius 3 is 2.85 bits per heavy atom. The maximum atomic E-state index is 13.3. The van der Waals surface area contributed by atoms with Crippen molar-refractivity contribution in [3.05, 3.63) is 35.1 Å². The summed E-state index contributed by atoms with van der Waals surface area (Å²) < 4.78 is 13.3. The van der Waals surface area contributed by atoms with Gasteiger partial charge in [-0.3, -0.25) is 4.90 Å². The van der Waals surface area contributed by atoms with Crippen molar-refractivity contribution < 1.29 is 9.50 Å². The van der Waals surface area contributed by atoms with Crippen molar-refractivity contribution in [2.45, 2.75) is 51.7 Å². The van der Waals surface area contributed by atoms with Gasteiger partial charge in [-0.1, -0.05) is 18.6 Å². The van der Waals surface area contributed by atoms with Gasteiger partial charge < -0.3 is 5.11 Å². The van der Waals surface area contributed by atoms with Gasteiger partial charge in [-0.05, 0) is 56.3 Å². The van der Waals surface area contributed by atoms with Gasteiger partial charge in [0, 0.05) is 18.5 Å². The number of likely N-dealkylation sites (tertiary alicyclic amines) is 1. The van der Waals surface area contributed by atoms with E-state index in [1.807, 2.05) is 19.1 Å². The van der Waals surface area contributed by atoms with Crippen molar-refractivity contribution in [2.24, 2.45) is 5.41 Å². The number of aliphatic hydroxyl groups excluding tert-OH is 1. The minimum atomic E-state index is -0.130. The maximum Gasteiger partial charge on any atom is 0.126 e. The van der Waals surface area contributed by atoms with E-state index in [0.29, 0.717) is 0 Å². The Morgan fingerprint density at radius 2 is 2.15 bits per heavy atom. The van der Waals surface area contributed by atoms with Crippen LogP contribution in [0.25, 0.3) is 0 Å². The molecule has 1 aromatic carbocycles. The number of benzene rings is 1. The van der Waals surface area contributed by atoms with Crippen LogP contribution in [-0.2, 0) is 6.54 Å². The molecule has 1 N–H and O–H groups in total. The van der Waals surface area contributed by atoms with Crippen LogP contribution in [0, 0.1) is 18.2 Å². The Balaban J connectivity index is 1.69. The predicted molar refractivity (Wildman–Crippen MR) is 77.9 cm³/mol. The highest BCUT2D eigenvalue weighted by molar-refractivity contribution is 5.24. The van der Waals surface area contributed by atoms with Crippen molar-refractivity contribution >= 4 is 0 Å². The molecule has 20 heavy (non-hydrogen) atoms. The van der Waals surface area contributed by atoms with Gasteiger partial charge in [0.05, 0.1) is 6.10 Å². The van der Waals surface area contributed by atoms with Crippen LogP contribution in [0.2, 0.25) is 0 Å². The van der Waals surface area contributed by atoms with Gasteiger partial charge >= 0.3 is 0 Å². The van der Waals surface area contributed by atoms with Crippen LogP contribution in [0.4, 0.5) is 4.39 Å². The summed E-state index contributed by atoms with van der Waals surface area (Å²) in [7, 11) is 0. The van der Waals surface area contributed by atoms with Crippen LogP contribution < -0.4 is 0 Å². The third-order valence-electron chi connectivity index (χ3n) is 5.18. The number of nitrogens with zero attached hydrogens (tertiary/aromatic N) is 1. The Kier molecular flexibility index (Phi) is 3.83. The van der Waals surface area contributed by atoms with Gasteiger partial charge in [0.15, 0.2) is 0 Å². The normalized spacial score (nSPS) is 31.1. The Morgan fingerprint density at radius 1 is 1.35 bits per heavy atom. The van der Waals surface area contributed by atoms with E-state index >= 15 is 0 Å². The Labute approximate surface area is 120 Å². The van der Waals surface area contributed by atoms with Crippen molar-refractivity contribution in [3.8, 4) is 0 Å². The lowest BCUT2D eigenvalue weighted by Crippen LogP contribution is -2.46. The van der Waals surface area contributed by atoms with E-state index in [1.54, 1.807) is 6.07 Å². The summed E-state index contributed by atoms with van der Waals surface area (Å²) in [6.07, 6.45) is 5.48. The van der Waals surface area contributed by atoms with E-state index in [2.05, 4.69) is 4.90 Å². The molecule has 0 unspecified atom stereocenters. The molecular formula is C17H24FNO. The second kappa shape index (κ2) is 5.45. The number of aryl methyl sites for hydroxylation is 1. The van der Waals surface area contributed by atoms with Gasteiger partial charge in [0.25, 0.3) is 0 Å². The second-order valence-corrected chi connectivity index (χ2v) is 6.67. The van der Waals surface area contributed by atoms with Gasteiger partial charge in [-0.2, -0.15) is 0 Å². The molecule has 1 spiro atoms. The van der Waals surface area contributed by atoms with Crippen LogP contribution in [0.1, 0.15) is 43.2 Å². The van der Waals surface area contributed by atoms with E-state index in [-0.39, 0.29) is 17.3 Å². The zero-order valence-electron chi connectivity index (χ0n) is 12.2. The van der Waals surface area contributed by atoms with E-state index in [1.165, 1.54) is 5.56 Å². The SMILES string of the molecule is Cc1cc(CN2CCC[C@]3(CCC[C@H]3O)C2)ccc1F. The fourth-order valence-electron chi connectivity index (χ4n) is 4.05. The first-order valence-electron chi connectivity index (χ1n) is 7.75. The quantitative estimate of drug-likeness (QED) is 0.897. The van der Waals surface area contributed by atoms with Crippen LogP contribution in [-0.4, -0.2) is 29.2 Å². The molecule has 1 aromatic rings. The fourth-order valence-corrected chi connectivity index (χ4v) is 4.05. The van der Waals surface area contributed by atoms with Crippen LogP contribution >= 0.6 is 0 Å². The van der Waals surface area contributed by atoms with Crippen LogP contribution in [0.5, 0.6) is 0 Å². The summed E-state index contributed by atoms with van der Waals surface area (Å²) in [5.74, 6) is -0.130. The monoisotopic (exact) mass is 277 g/mol. The molecule has 110 valence electrons. The number of aliphatic hydroxyl groups is 1. The average molecular weight is 277 g/mol. The molecule has 2 aliphatic rings. The Bertz CT molecular complexity index is 490. The lowest BCUT2D eigenvalue weighted by Gasteiger charge is -2.42. The molecule has 0 bridgehead atoms. The summed E-state index contributed by atoms with van der Waals surface area (Å²) in [5.41, 5.74) is 2.02. The van der Waals surface area contributed by atoms with Crippen molar-refractivity contribution in [1.29, 1.82) is 0 Å². The molecule has 1 aliphatic heterocycles. The minimum absolute atomic E-state index is 0.125. The minimum Gasteiger partial charge on any atom is -0.393 e. The number of hydrogen-bond donors (Lipinski definition) is 1. The molecule has 3 rings (SSSR count). The molecule has 2 atom stereocenters. The average Bonchev–Trinajstić information content (AvgIpc) is 2.75. The first kappa shape index (κ1) is 14.0. The molecule has 2 fully saturated rings. The van der Waals surface area contributed by atoms with Gasteiger partial charge in [0.1, 0.15) is 5.82 Å². The zero-order valence-corrected chi connectivity index (χ0v) is 12.2. The molecular weight excluding hydrogens is 253 g/mol. The smallest absolute Gasteiger partial charge is 0.126 e. The third-order valence-corrected chi connectivity index (χ3v) is 5.18. The Hall–Kier alpha value is -0.930. The molecule has 0 radical (unpaired) electrons. The third kappa shape index (κ3) is 2.61. The van der Waals surface area contributed by atoms with Crippen molar-refractivity contribution in [2.75, 3.05) is 13.1 Å². The summed E-state index contributed by atoms with van der Waals surface area (Å²) in [4.78, 5) is 2.44. The molecule has 1 saturated carbocycles. The van der Waals surface area contributed by atoms with E-state index < -0.39 is 0 Å². The predicted octanol–water partition coefficient (Wildman–Crippen LogP) is 3.26. The van der Waals surface area contributed by atoms with E-state index in [4.69, 9.17) is 0 Å². The highest BCUT2D eigenvalue weighted by Gasteiger charge is 2.44. The second-order valence-electron chi connectivity index (χ2n) is 6.67. The highest BCUT2D eigenvalue weighted by Crippen LogP contribution is 2.45. The molecule has 1 heterocycles. The summed E-state index contributed by atoms with van der Waals surface area (Å²) in [6, 6.07) is 5.39. The van der Waals surface area contributed by atoms with Gasteiger partial charge in [-0.25, -0.2) is 4.39 Å².